The van der Waals surface area contributed by atoms with E-state index in [1.807, 2.05) is 29.2 Å². The Morgan fingerprint density at radius 1 is 1.12 bits per heavy atom. The summed E-state index contributed by atoms with van der Waals surface area (Å²) >= 11 is 0. The first-order valence-corrected chi connectivity index (χ1v) is 8.00. The highest BCUT2D eigenvalue weighted by Gasteiger charge is 2.25. The Morgan fingerprint density at radius 2 is 1.88 bits per heavy atom. The van der Waals surface area contributed by atoms with Crippen LogP contribution in [-0.2, 0) is 11.2 Å². The summed E-state index contributed by atoms with van der Waals surface area (Å²) in [5, 5.41) is 0. The highest BCUT2D eigenvalue weighted by molar-refractivity contribution is 5.94. The Morgan fingerprint density at radius 3 is 2.54 bits per heavy atom. The molecule has 0 saturated carbocycles. The summed E-state index contributed by atoms with van der Waals surface area (Å²) in [4.78, 5) is 31.2. The third-order valence-electron chi connectivity index (χ3n) is 4.25. The lowest BCUT2D eigenvalue weighted by Crippen LogP contribution is -2.50. The Kier molecular flexibility index (Phi) is 4.84. The minimum atomic E-state index is 0.0103. The lowest BCUT2D eigenvalue weighted by molar-refractivity contribution is -0.131. The van der Waals surface area contributed by atoms with Gasteiger partial charge in [-0.3, -0.25) is 9.59 Å². The topological polar surface area (TPSA) is 65.6 Å². The number of carbonyl (C=O) groups excluding carboxylic acids is 2. The zero-order valence-electron chi connectivity index (χ0n) is 13.7. The summed E-state index contributed by atoms with van der Waals surface area (Å²) in [6.45, 7) is 2.26. The van der Waals surface area contributed by atoms with Gasteiger partial charge in [-0.15, -0.1) is 0 Å². The number of nitrogens with zero attached hydrogens (tertiary/aromatic N) is 2. The minimum absolute atomic E-state index is 0.0103. The Labute approximate surface area is 141 Å². The molecule has 1 aliphatic rings. The monoisotopic (exact) mass is 327 g/mol. The number of aromatic amines is 1. The van der Waals surface area contributed by atoms with E-state index in [2.05, 4.69) is 4.98 Å². The zero-order valence-corrected chi connectivity index (χ0v) is 13.7. The van der Waals surface area contributed by atoms with Crippen molar-refractivity contribution in [1.29, 1.82) is 0 Å². The number of hydrogen-bond acceptors (Lipinski definition) is 3. The van der Waals surface area contributed by atoms with Crippen LogP contribution in [0.1, 0.15) is 15.9 Å². The quantitative estimate of drug-likeness (QED) is 0.926. The van der Waals surface area contributed by atoms with Crippen molar-refractivity contribution in [3.8, 4) is 5.75 Å². The standard InChI is InChI=1S/C18H21N3O3/c1-24-16-4-2-3-14(11-16)12-17(22)20-7-9-21(10-8-20)18(23)15-5-6-19-13-15/h2-6,11,13,19H,7-10,12H2,1H3. The number of ether oxygens (including phenoxy) is 1. The molecule has 0 atom stereocenters. The first-order valence-electron chi connectivity index (χ1n) is 8.00. The first kappa shape index (κ1) is 16.1. The molecule has 1 aromatic heterocycles. The van der Waals surface area contributed by atoms with Gasteiger partial charge in [-0.05, 0) is 23.8 Å². The van der Waals surface area contributed by atoms with Gasteiger partial charge in [-0.2, -0.15) is 0 Å². The molecule has 2 aromatic rings. The number of amides is 2. The fraction of sp³-hybridized carbons (Fsp3) is 0.333. The zero-order chi connectivity index (χ0) is 16.9. The number of piperazine rings is 1. The van der Waals surface area contributed by atoms with Crippen LogP contribution >= 0.6 is 0 Å². The van der Waals surface area contributed by atoms with Gasteiger partial charge in [-0.1, -0.05) is 12.1 Å². The molecule has 126 valence electrons. The van der Waals surface area contributed by atoms with E-state index in [-0.39, 0.29) is 11.8 Å². The lowest BCUT2D eigenvalue weighted by Gasteiger charge is -2.34. The van der Waals surface area contributed by atoms with E-state index in [1.165, 1.54) is 0 Å². The van der Waals surface area contributed by atoms with Crippen molar-refractivity contribution in [2.75, 3.05) is 33.3 Å². The third-order valence-corrected chi connectivity index (χ3v) is 4.25. The number of rotatable bonds is 4. The van der Waals surface area contributed by atoms with E-state index in [1.54, 1.807) is 30.5 Å². The van der Waals surface area contributed by atoms with Crippen LogP contribution in [0.3, 0.4) is 0 Å². The second kappa shape index (κ2) is 7.21. The first-order chi connectivity index (χ1) is 11.7. The maximum absolute atomic E-state index is 12.4. The summed E-state index contributed by atoms with van der Waals surface area (Å²) in [5.41, 5.74) is 1.59. The van der Waals surface area contributed by atoms with Gasteiger partial charge < -0.3 is 19.5 Å². The average molecular weight is 327 g/mol. The molecule has 0 unspecified atom stereocenters. The molecule has 24 heavy (non-hydrogen) atoms. The Hall–Kier alpha value is -2.76. The molecule has 0 spiro atoms. The minimum Gasteiger partial charge on any atom is -0.497 e. The summed E-state index contributed by atoms with van der Waals surface area (Å²) in [7, 11) is 1.61. The molecule has 1 N–H and O–H groups in total. The number of benzene rings is 1. The van der Waals surface area contributed by atoms with Crippen molar-refractivity contribution in [1.82, 2.24) is 14.8 Å². The predicted molar refractivity (Wildman–Crippen MR) is 90.0 cm³/mol. The van der Waals surface area contributed by atoms with E-state index in [9.17, 15) is 9.59 Å². The van der Waals surface area contributed by atoms with Crippen molar-refractivity contribution >= 4 is 11.8 Å². The van der Waals surface area contributed by atoms with E-state index < -0.39 is 0 Å². The molecule has 1 fully saturated rings. The van der Waals surface area contributed by atoms with E-state index >= 15 is 0 Å². The number of carbonyl (C=O) groups is 2. The van der Waals surface area contributed by atoms with Crippen LogP contribution in [0.25, 0.3) is 0 Å². The highest BCUT2D eigenvalue weighted by Crippen LogP contribution is 2.15. The number of hydrogen-bond donors (Lipinski definition) is 1. The molecule has 6 heteroatoms. The summed E-state index contributed by atoms with van der Waals surface area (Å²) in [5.74, 6) is 0.843. The van der Waals surface area contributed by atoms with E-state index in [0.29, 0.717) is 38.2 Å². The van der Waals surface area contributed by atoms with Crippen LogP contribution in [0.15, 0.2) is 42.7 Å². The van der Waals surface area contributed by atoms with Gasteiger partial charge in [0.25, 0.3) is 5.91 Å². The highest BCUT2D eigenvalue weighted by atomic mass is 16.5. The normalized spacial score (nSPS) is 14.5. The predicted octanol–water partition coefficient (Wildman–Crippen LogP) is 1.55. The molecule has 0 bridgehead atoms. The van der Waals surface area contributed by atoms with Gasteiger partial charge in [0, 0.05) is 38.6 Å². The molecule has 1 aromatic carbocycles. The van der Waals surface area contributed by atoms with Crippen LogP contribution in [0.2, 0.25) is 0 Å². The van der Waals surface area contributed by atoms with Gasteiger partial charge in [0.15, 0.2) is 0 Å². The van der Waals surface area contributed by atoms with E-state index in [0.717, 1.165) is 11.3 Å². The molecular weight excluding hydrogens is 306 g/mol. The van der Waals surface area contributed by atoms with Crippen LogP contribution in [0.4, 0.5) is 0 Å². The van der Waals surface area contributed by atoms with Crippen LogP contribution in [0.5, 0.6) is 5.75 Å². The number of nitrogens with one attached hydrogen (secondary N) is 1. The SMILES string of the molecule is COc1cccc(CC(=O)N2CCN(C(=O)c3cc[nH]c3)CC2)c1. The summed E-state index contributed by atoms with van der Waals surface area (Å²) < 4.78 is 5.19. The molecule has 1 saturated heterocycles. The second-order valence-corrected chi connectivity index (χ2v) is 5.80. The molecule has 6 nitrogen and oxygen atoms in total. The van der Waals surface area contributed by atoms with Crippen LogP contribution in [0, 0.1) is 0 Å². The van der Waals surface area contributed by atoms with Crippen LogP contribution < -0.4 is 4.74 Å². The number of H-pyrrole nitrogens is 1. The maximum Gasteiger partial charge on any atom is 0.255 e. The molecule has 1 aliphatic heterocycles. The number of methoxy groups -OCH3 is 1. The fourth-order valence-corrected chi connectivity index (χ4v) is 2.87. The molecule has 0 radical (unpaired) electrons. The average Bonchev–Trinajstić information content (AvgIpc) is 3.16. The van der Waals surface area contributed by atoms with E-state index in [4.69, 9.17) is 4.74 Å². The van der Waals surface area contributed by atoms with Crippen molar-refractivity contribution in [2.45, 2.75) is 6.42 Å². The molecule has 3 rings (SSSR count). The molecular formula is C18H21N3O3. The molecule has 2 heterocycles. The largest absolute Gasteiger partial charge is 0.497 e. The van der Waals surface area contributed by atoms with Crippen molar-refractivity contribution in [3.63, 3.8) is 0 Å². The van der Waals surface area contributed by atoms with Gasteiger partial charge >= 0.3 is 0 Å². The van der Waals surface area contributed by atoms with Gasteiger partial charge in [0.1, 0.15) is 5.75 Å². The fourth-order valence-electron chi connectivity index (χ4n) is 2.87. The van der Waals surface area contributed by atoms with Gasteiger partial charge in [0.05, 0.1) is 19.1 Å². The van der Waals surface area contributed by atoms with Crippen molar-refractivity contribution in [3.05, 3.63) is 53.9 Å². The maximum atomic E-state index is 12.4. The number of aromatic nitrogens is 1. The summed E-state index contributed by atoms with van der Waals surface area (Å²) in [6.07, 6.45) is 3.78. The van der Waals surface area contributed by atoms with Crippen molar-refractivity contribution in [2.24, 2.45) is 0 Å². The molecule has 2 amide bonds. The second-order valence-electron chi connectivity index (χ2n) is 5.80. The van der Waals surface area contributed by atoms with Gasteiger partial charge in [0.2, 0.25) is 5.91 Å². The lowest BCUT2D eigenvalue weighted by atomic mass is 10.1. The Balaban J connectivity index is 1.54. The Bertz CT molecular complexity index is 704. The van der Waals surface area contributed by atoms with Gasteiger partial charge in [-0.25, -0.2) is 0 Å². The third kappa shape index (κ3) is 3.59. The smallest absolute Gasteiger partial charge is 0.255 e. The molecule has 0 aliphatic carbocycles. The van der Waals surface area contributed by atoms with Crippen LogP contribution in [-0.4, -0.2) is 59.9 Å². The summed E-state index contributed by atoms with van der Waals surface area (Å²) in [6, 6.07) is 9.31. The van der Waals surface area contributed by atoms with Crippen molar-refractivity contribution < 1.29 is 14.3 Å².